The van der Waals surface area contributed by atoms with E-state index in [0.29, 0.717) is 17.8 Å². The number of carbonyl (C=O) groups excluding carboxylic acids is 2. The maximum Gasteiger partial charge on any atom is 0.319 e. The van der Waals surface area contributed by atoms with E-state index in [0.717, 1.165) is 24.5 Å². The SMILES string of the molecule is CC(=O)c1cccc(NC(=O)NCc2ccc(N3CCCCC3)nc2)c1. The van der Waals surface area contributed by atoms with Crippen molar-refractivity contribution in [2.24, 2.45) is 0 Å². The summed E-state index contributed by atoms with van der Waals surface area (Å²) in [5.41, 5.74) is 2.10. The number of urea groups is 1. The molecule has 1 fully saturated rings. The van der Waals surface area contributed by atoms with Gasteiger partial charge in [-0.25, -0.2) is 9.78 Å². The fourth-order valence-corrected chi connectivity index (χ4v) is 3.00. The van der Waals surface area contributed by atoms with E-state index in [4.69, 9.17) is 0 Å². The lowest BCUT2D eigenvalue weighted by molar-refractivity contribution is 0.101. The van der Waals surface area contributed by atoms with Gasteiger partial charge < -0.3 is 15.5 Å². The van der Waals surface area contributed by atoms with Gasteiger partial charge in [-0.1, -0.05) is 18.2 Å². The molecule has 2 heterocycles. The normalized spacial score (nSPS) is 14.0. The number of Topliss-reactive ketones (excluding diaryl/α,β-unsaturated/α-hetero) is 1. The molecule has 0 bridgehead atoms. The summed E-state index contributed by atoms with van der Waals surface area (Å²) in [5, 5.41) is 5.55. The number of nitrogens with zero attached hydrogens (tertiary/aromatic N) is 2. The van der Waals surface area contributed by atoms with Crippen molar-refractivity contribution in [2.45, 2.75) is 32.7 Å². The first-order valence-electron chi connectivity index (χ1n) is 8.97. The zero-order valence-corrected chi connectivity index (χ0v) is 15.0. The second-order valence-electron chi connectivity index (χ2n) is 6.52. The van der Waals surface area contributed by atoms with Crippen LogP contribution < -0.4 is 15.5 Å². The van der Waals surface area contributed by atoms with Crippen LogP contribution in [0.2, 0.25) is 0 Å². The Bertz CT molecular complexity index is 768. The van der Waals surface area contributed by atoms with Gasteiger partial charge in [0.25, 0.3) is 0 Å². The van der Waals surface area contributed by atoms with E-state index in [1.165, 1.54) is 26.2 Å². The highest BCUT2D eigenvalue weighted by atomic mass is 16.2. The average Bonchev–Trinajstić information content (AvgIpc) is 2.68. The van der Waals surface area contributed by atoms with E-state index in [9.17, 15) is 9.59 Å². The maximum absolute atomic E-state index is 12.0. The zero-order valence-electron chi connectivity index (χ0n) is 15.0. The molecule has 6 heteroatoms. The highest BCUT2D eigenvalue weighted by Crippen LogP contribution is 2.17. The Balaban J connectivity index is 1.51. The molecule has 3 rings (SSSR count). The van der Waals surface area contributed by atoms with Gasteiger partial charge in [-0.15, -0.1) is 0 Å². The molecule has 26 heavy (non-hydrogen) atoms. The van der Waals surface area contributed by atoms with E-state index < -0.39 is 0 Å². The minimum Gasteiger partial charge on any atom is -0.357 e. The topological polar surface area (TPSA) is 74.3 Å². The molecule has 2 aromatic rings. The van der Waals surface area contributed by atoms with Crippen molar-refractivity contribution in [3.8, 4) is 0 Å². The lowest BCUT2D eigenvalue weighted by Crippen LogP contribution is -2.30. The van der Waals surface area contributed by atoms with Crippen molar-refractivity contribution in [3.05, 3.63) is 53.7 Å². The Hall–Kier alpha value is -2.89. The molecule has 6 nitrogen and oxygen atoms in total. The van der Waals surface area contributed by atoms with Gasteiger partial charge in [0.15, 0.2) is 5.78 Å². The summed E-state index contributed by atoms with van der Waals surface area (Å²) in [7, 11) is 0. The summed E-state index contributed by atoms with van der Waals surface area (Å²) in [4.78, 5) is 30.3. The van der Waals surface area contributed by atoms with Crippen LogP contribution in [0.4, 0.5) is 16.3 Å². The van der Waals surface area contributed by atoms with Gasteiger partial charge in [0.05, 0.1) is 0 Å². The molecule has 0 radical (unpaired) electrons. The molecular formula is C20H24N4O2. The Labute approximate surface area is 153 Å². The predicted octanol–water partition coefficient (Wildman–Crippen LogP) is 3.60. The number of amides is 2. The van der Waals surface area contributed by atoms with Crippen LogP contribution in [-0.2, 0) is 6.54 Å². The molecule has 1 aromatic heterocycles. The fraction of sp³-hybridized carbons (Fsp3) is 0.350. The van der Waals surface area contributed by atoms with Gasteiger partial charge in [-0.3, -0.25) is 4.79 Å². The third kappa shape index (κ3) is 4.81. The molecule has 0 atom stereocenters. The molecule has 0 aliphatic carbocycles. The van der Waals surface area contributed by atoms with Crippen LogP contribution in [0.1, 0.15) is 42.1 Å². The molecule has 2 N–H and O–H groups in total. The van der Waals surface area contributed by atoms with Crippen LogP contribution in [-0.4, -0.2) is 29.9 Å². The number of hydrogen-bond acceptors (Lipinski definition) is 4. The van der Waals surface area contributed by atoms with E-state index >= 15 is 0 Å². The van der Waals surface area contributed by atoms with Crippen LogP contribution in [0.3, 0.4) is 0 Å². The molecular weight excluding hydrogens is 328 g/mol. The van der Waals surface area contributed by atoms with Crippen molar-refractivity contribution in [1.29, 1.82) is 0 Å². The number of nitrogens with one attached hydrogen (secondary N) is 2. The lowest BCUT2D eigenvalue weighted by Gasteiger charge is -2.27. The number of carbonyl (C=O) groups is 2. The van der Waals surface area contributed by atoms with Crippen molar-refractivity contribution in [1.82, 2.24) is 10.3 Å². The van der Waals surface area contributed by atoms with Crippen LogP contribution >= 0.6 is 0 Å². The molecule has 0 unspecified atom stereocenters. The predicted molar refractivity (Wildman–Crippen MR) is 103 cm³/mol. The number of anilines is 2. The maximum atomic E-state index is 12.0. The van der Waals surface area contributed by atoms with Crippen LogP contribution in [0.5, 0.6) is 0 Å². The van der Waals surface area contributed by atoms with Gasteiger partial charge in [-0.2, -0.15) is 0 Å². The number of piperidine rings is 1. The summed E-state index contributed by atoms with van der Waals surface area (Å²) >= 11 is 0. The Kier molecular flexibility index (Phi) is 5.84. The average molecular weight is 352 g/mol. The molecule has 2 amide bonds. The van der Waals surface area contributed by atoms with Gasteiger partial charge >= 0.3 is 6.03 Å². The van der Waals surface area contributed by atoms with Gasteiger partial charge in [0, 0.05) is 37.1 Å². The van der Waals surface area contributed by atoms with E-state index in [-0.39, 0.29) is 11.8 Å². The van der Waals surface area contributed by atoms with Gasteiger partial charge in [0.1, 0.15) is 5.82 Å². The second-order valence-corrected chi connectivity index (χ2v) is 6.52. The monoisotopic (exact) mass is 352 g/mol. The van der Waals surface area contributed by atoms with E-state index in [1.807, 2.05) is 12.1 Å². The third-order valence-corrected chi connectivity index (χ3v) is 4.47. The van der Waals surface area contributed by atoms with Crippen molar-refractivity contribution < 1.29 is 9.59 Å². The second kappa shape index (κ2) is 8.47. The molecule has 1 saturated heterocycles. The minimum absolute atomic E-state index is 0.0334. The standard InChI is InChI=1S/C20H24N4O2/c1-15(25)17-6-5-7-18(12-17)23-20(26)22-14-16-8-9-19(21-13-16)24-10-3-2-4-11-24/h5-9,12-13H,2-4,10-11,14H2,1H3,(H2,22,23,26). The minimum atomic E-state index is -0.314. The van der Waals surface area contributed by atoms with E-state index in [1.54, 1.807) is 30.5 Å². The highest BCUT2D eigenvalue weighted by Gasteiger charge is 2.11. The number of benzene rings is 1. The number of ketones is 1. The van der Waals surface area contributed by atoms with Crippen molar-refractivity contribution in [3.63, 3.8) is 0 Å². The van der Waals surface area contributed by atoms with Gasteiger partial charge in [-0.05, 0) is 49.9 Å². The molecule has 1 aliphatic rings. The first kappa shape index (κ1) is 17.9. The molecule has 1 aromatic carbocycles. The molecule has 1 aliphatic heterocycles. The summed E-state index contributed by atoms with van der Waals surface area (Å²) in [5.74, 6) is 0.966. The Morgan fingerprint density at radius 1 is 1.12 bits per heavy atom. The van der Waals surface area contributed by atoms with E-state index in [2.05, 4.69) is 20.5 Å². The first-order valence-corrected chi connectivity index (χ1v) is 8.97. The molecule has 0 saturated carbocycles. The third-order valence-electron chi connectivity index (χ3n) is 4.47. The number of pyridine rings is 1. The molecule has 136 valence electrons. The number of aromatic nitrogens is 1. The zero-order chi connectivity index (χ0) is 18.4. The van der Waals surface area contributed by atoms with Crippen LogP contribution in [0.25, 0.3) is 0 Å². The quantitative estimate of drug-likeness (QED) is 0.807. The summed E-state index contributed by atoms with van der Waals surface area (Å²) in [6, 6.07) is 10.6. The smallest absolute Gasteiger partial charge is 0.319 e. The largest absolute Gasteiger partial charge is 0.357 e. The number of hydrogen-bond donors (Lipinski definition) is 2. The Morgan fingerprint density at radius 2 is 1.92 bits per heavy atom. The highest BCUT2D eigenvalue weighted by molar-refractivity contribution is 5.96. The van der Waals surface area contributed by atoms with Crippen molar-refractivity contribution >= 4 is 23.3 Å². The Morgan fingerprint density at radius 3 is 2.62 bits per heavy atom. The lowest BCUT2D eigenvalue weighted by atomic mass is 10.1. The molecule has 0 spiro atoms. The van der Waals surface area contributed by atoms with Gasteiger partial charge in [0.2, 0.25) is 0 Å². The van der Waals surface area contributed by atoms with Crippen LogP contribution in [0.15, 0.2) is 42.6 Å². The summed E-state index contributed by atoms with van der Waals surface area (Å²) < 4.78 is 0. The summed E-state index contributed by atoms with van der Waals surface area (Å²) in [6.45, 7) is 4.02. The summed E-state index contributed by atoms with van der Waals surface area (Å²) in [6.07, 6.45) is 5.54. The fourth-order valence-electron chi connectivity index (χ4n) is 3.00. The van der Waals surface area contributed by atoms with Crippen molar-refractivity contribution in [2.75, 3.05) is 23.3 Å². The first-order chi connectivity index (χ1) is 12.6. The van der Waals surface area contributed by atoms with Crippen LogP contribution in [0, 0.1) is 0 Å². The number of rotatable bonds is 5.